The first-order valence-corrected chi connectivity index (χ1v) is 11.4. The summed E-state index contributed by atoms with van der Waals surface area (Å²) in [4.78, 5) is 12.8. The van der Waals surface area contributed by atoms with E-state index in [4.69, 9.17) is 11.6 Å². The van der Waals surface area contributed by atoms with Crippen molar-refractivity contribution in [2.24, 2.45) is 5.92 Å². The molecule has 28 heavy (non-hydrogen) atoms. The molecule has 7 heteroatoms. The molecule has 2 fully saturated rings. The van der Waals surface area contributed by atoms with Crippen LogP contribution in [0.3, 0.4) is 0 Å². The number of benzene rings is 2. The monoisotopic (exact) mass is 418 g/mol. The predicted octanol–water partition coefficient (Wildman–Crippen LogP) is 4.26. The number of carbonyl (C=O) groups excluding carboxylic acids is 1. The van der Waals surface area contributed by atoms with E-state index >= 15 is 0 Å². The molecule has 1 amide bonds. The number of nitrogens with zero attached hydrogens (tertiary/aromatic N) is 1. The molecule has 0 spiro atoms. The Kier molecular flexibility index (Phi) is 5.45. The summed E-state index contributed by atoms with van der Waals surface area (Å²) < 4.78 is 26.9. The Morgan fingerprint density at radius 1 is 1.00 bits per heavy atom. The average Bonchev–Trinajstić information content (AvgIpc) is 3.50. The van der Waals surface area contributed by atoms with Crippen molar-refractivity contribution < 1.29 is 13.2 Å². The maximum absolute atomic E-state index is 12.7. The number of anilines is 1. The van der Waals surface area contributed by atoms with Crippen molar-refractivity contribution in [2.45, 2.75) is 36.5 Å². The standard InChI is InChI=1S/C21H23ClN2O3S/c22-20-7-3-2-6-17(20)18-14-19(18)21(25)23-15-8-10-16(11-9-15)28(26,27)24-12-4-1-5-13-24/h2-3,6-11,18-19H,1,4-5,12-14H2,(H,23,25). The first-order valence-electron chi connectivity index (χ1n) is 9.62. The third kappa shape index (κ3) is 3.95. The van der Waals surface area contributed by atoms with Crippen molar-refractivity contribution in [3.63, 3.8) is 0 Å². The van der Waals surface area contributed by atoms with Crippen LogP contribution in [0.5, 0.6) is 0 Å². The number of piperidine rings is 1. The van der Waals surface area contributed by atoms with Crippen LogP contribution in [0.2, 0.25) is 5.02 Å². The van der Waals surface area contributed by atoms with Gasteiger partial charge in [-0.15, -0.1) is 0 Å². The number of hydrogen-bond donors (Lipinski definition) is 1. The molecule has 0 aromatic heterocycles. The number of amides is 1. The molecule has 2 aliphatic rings. The molecule has 1 aliphatic heterocycles. The SMILES string of the molecule is O=C(Nc1ccc(S(=O)(=O)N2CCCCC2)cc1)C1CC1c1ccccc1Cl. The number of halogens is 1. The van der Waals surface area contributed by atoms with E-state index in [1.807, 2.05) is 24.3 Å². The largest absolute Gasteiger partial charge is 0.326 e. The van der Waals surface area contributed by atoms with Crippen LogP contribution in [-0.2, 0) is 14.8 Å². The van der Waals surface area contributed by atoms with Crippen LogP contribution in [0.25, 0.3) is 0 Å². The van der Waals surface area contributed by atoms with E-state index in [0.717, 1.165) is 31.2 Å². The van der Waals surface area contributed by atoms with Crippen molar-refractivity contribution in [1.29, 1.82) is 0 Å². The van der Waals surface area contributed by atoms with E-state index < -0.39 is 10.0 Å². The Balaban J connectivity index is 1.40. The molecule has 2 unspecified atom stereocenters. The van der Waals surface area contributed by atoms with Gasteiger partial charge in [0.25, 0.3) is 0 Å². The van der Waals surface area contributed by atoms with Gasteiger partial charge < -0.3 is 5.32 Å². The Morgan fingerprint density at radius 2 is 1.68 bits per heavy atom. The highest BCUT2D eigenvalue weighted by molar-refractivity contribution is 7.89. The molecule has 1 heterocycles. The molecule has 1 saturated heterocycles. The van der Waals surface area contributed by atoms with Crippen molar-refractivity contribution in [1.82, 2.24) is 4.31 Å². The van der Waals surface area contributed by atoms with Gasteiger partial charge in [-0.1, -0.05) is 36.2 Å². The average molecular weight is 419 g/mol. The highest BCUT2D eigenvalue weighted by atomic mass is 35.5. The summed E-state index contributed by atoms with van der Waals surface area (Å²) in [6.07, 6.45) is 3.66. The summed E-state index contributed by atoms with van der Waals surface area (Å²) in [6, 6.07) is 14.0. The maximum atomic E-state index is 12.7. The Hall–Kier alpha value is -1.89. The predicted molar refractivity (Wildman–Crippen MR) is 110 cm³/mol. The molecule has 4 rings (SSSR count). The molecule has 1 aliphatic carbocycles. The molecular formula is C21H23ClN2O3S. The van der Waals surface area contributed by atoms with E-state index in [0.29, 0.717) is 23.8 Å². The van der Waals surface area contributed by atoms with Crippen molar-refractivity contribution in [3.05, 3.63) is 59.1 Å². The molecule has 1 saturated carbocycles. The van der Waals surface area contributed by atoms with E-state index in [1.54, 1.807) is 28.6 Å². The van der Waals surface area contributed by atoms with Gasteiger partial charge in [0.1, 0.15) is 0 Å². The van der Waals surface area contributed by atoms with Crippen LogP contribution >= 0.6 is 11.6 Å². The lowest BCUT2D eigenvalue weighted by Crippen LogP contribution is -2.35. The van der Waals surface area contributed by atoms with Gasteiger partial charge in [-0.05, 0) is 61.1 Å². The fourth-order valence-electron chi connectivity index (χ4n) is 3.80. The summed E-state index contributed by atoms with van der Waals surface area (Å²) in [5.74, 6) is -0.0133. The zero-order valence-electron chi connectivity index (χ0n) is 15.5. The number of nitrogens with one attached hydrogen (secondary N) is 1. The topological polar surface area (TPSA) is 66.5 Å². The van der Waals surface area contributed by atoms with Gasteiger partial charge in [0.05, 0.1) is 4.90 Å². The fourth-order valence-corrected chi connectivity index (χ4v) is 5.60. The van der Waals surface area contributed by atoms with Crippen LogP contribution in [0.1, 0.15) is 37.2 Å². The lowest BCUT2D eigenvalue weighted by atomic mass is 10.1. The summed E-state index contributed by atoms with van der Waals surface area (Å²) in [5.41, 5.74) is 1.61. The summed E-state index contributed by atoms with van der Waals surface area (Å²) >= 11 is 6.22. The molecule has 2 atom stereocenters. The van der Waals surface area contributed by atoms with Gasteiger partial charge in [0.15, 0.2) is 0 Å². The minimum atomic E-state index is -3.45. The quantitative estimate of drug-likeness (QED) is 0.788. The Labute approximate surface area is 170 Å². The molecule has 2 aromatic carbocycles. The normalized spacial score (nSPS) is 22.6. The molecule has 148 valence electrons. The van der Waals surface area contributed by atoms with Crippen LogP contribution in [-0.4, -0.2) is 31.7 Å². The van der Waals surface area contributed by atoms with Gasteiger partial charge in [-0.3, -0.25) is 4.79 Å². The minimum Gasteiger partial charge on any atom is -0.326 e. The summed E-state index contributed by atoms with van der Waals surface area (Å²) in [6.45, 7) is 1.15. The van der Waals surface area contributed by atoms with Crippen LogP contribution in [0.4, 0.5) is 5.69 Å². The smallest absolute Gasteiger partial charge is 0.243 e. The fraction of sp³-hybridized carbons (Fsp3) is 0.381. The third-order valence-corrected chi connectivity index (χ3v) is 7.76. The summed E-state index contributed by atoms with van der Waals surface area (Å²) in [7, 11) is -3.45. The van der Waals surface area contributed by atoms with Crippen molar-refractivity contribution in [3.8, 4) is 0 Å². The van der Waals surface area contributed by atoms with E-state index in [2.05, 4.69) is 5.32 Å². The summed E-state index contributed by atoms with van der Waals surface area (Å²) in [5, 5.41) is 3.58. The van der Waals surface area contributed by atoms with Gasteiger partial charge >= 0.3 is 0 Å². The second kappa shape index (κ2) is 7.85. The second-order valence-electron chi connectivity index (χ2n) is 7.45. The van der Waals surface area contributed by atoms with Crippen molar-refractivity contribution >= 4 is 33.2 Å². The maximum Gasteiger partial charge on any atom is 0.243 e. The molecule has 0 bridgehead atoms. The molecule has 5 nitrogen and oxygen atoms in total. The number of sulfonamides is 1. The third-order valence-electron chi connectivity index (χ3n) is 5.51. The first-order chi connectivity index (χ1) is 13.5. The highest BCUT2D eigenvalue weighted by Gasteiger charge is 2.44. The second-order valence-corrected chi connectivity index (χ2v) is 9.79. The van der Waals surface area contributed by atoms with Crippen molar-refractivity contribution in [2.75, 3.05) is 18.4 Å². The van der Waals surface area contributed by atoms with E-state index in [-0.39, 0.29) is 22.6 Å². The first kappa shape index (κ1) is 19.4. The van der Waals surface area contributed by atoms with E-state index in [9.17, 15) is 13.2 Å². The number of hydrogen-bond acceptors (Lipinski definition) is 3. The zero-order valence-corrected chi connectivity index (χ0v) is 17.0. The van der Waals surface area contributed by atoms with Gasteiger partial charge in [-0.25, -0.2) is 8.42 Å². The lowest BCUT2D eigenvalue weighted by Gasteiger charge is -2.25. The van der Waals surface area contributed by atoms with Crippen LogP contribution in [0.15, 0.2) is 53.4 Å². The van der Waals surface area contributed by atoms with Crippen LogP contribution in [0, 0.1) is 5.92 Å². The molecular weight excluding hydrogens is 396 g/mol. The van der Waals surface area contributed by atoms with Gasteiger partial charge in [0.2, 0.25) is 15.9 Å². The van der Waals surface area contributed by atoms with E-state index in [1.165, 1.54) is 0 Å². The molecule has 1 N–H and O–H groups in total. The lowest BCUT2D eigenvalue weighted by molar-refractivity contribution is -0.117. The number of carbonyl (C=O) groups is 1. The van der Waals surface area contributed by atoms with Gasteiger partial charge in [0, 0.05) is 29.7 Å². The number of rotatable bonds is 5. The molecule has 0 radical (unpaired) electrons. The van der Waals surface area contributed by atoms with Crippen LogP contribution < -0.4 is 5.32 Å². The highest BCUT2D eigenvalue weighted by Crippen LogP contribution is 2.50. The Morgan fingerprint density at radius 3 is 2.36 bits per heavy atom. The Bertz CT molecular complexity index is 969. The molecule has 2 aromatic rings. The van der Waals surface area contributed by atoms with Gasteiger partial charge in [-0.2, -0.15) is 4.31 Å². The minimum absolute atomic E-state index is 0.0587. The zero-order chi connectivity index (χ0) is 19.7.